The number of fused-ring (bicyclic) bond motifs is 1. The van der Waals surface area contributed by atoms with Gasteiger partial charge >= 0.3 is 12.1 Å². The number of halogens is 3. The van der Waals surface area contributed by atoms with Crippen LogP contribution in [0.2, 0.25) is 0 Å². The number of rotatable bonds is 8. The minimum Gasteiger partial charge on any atom is -0.489 e. The highest BCUT2D eigenvalue weighted by atomic mass is 19.4. The average Bonchev–Trinajstić information content (AvgIpc) is 2.96. The molecule has 4 nitrogen and oxygen atoms in total. The van der Waals surface area contributed by atoms with Gasteiger partial charge in [-0.05, 0) is 71.8 Å². The molecule has 0 saturated heterocycles. The quantitative estimate of drug-likeness (QED) is 0.209. The summed E-state index contributed by atoms with van der Waals surface area (Å²) in [6.07, 6.45) is -2.50. The van der Waals surface area contributed by atoms with Crippen molar-refractivity contribution >= 4 is 16.9 Å². The molecule has 1 N–H and O–H groups in total. The molecule has 41 heavy (non-hydrogen) atoms. The van der Waals surface area contributed by atoms with Crippen LogP contribution in [0.25, 0.3) is 22.0 Å². The van der Waals surface area contributed by atoms with E-state index in [0.29, 0.717) is 28.7 Å². The molecule has 5 rings (SSSR count). The molecular formula is C34H28F3NO3. The number of aromatic nitrogens is 1. The fourth-order valence-corrected chi connectivity index (χ4v) is 4.83. The van der Waals surface area contributed by atoms with E-state index >= 15 is 0 Å². The molecule has 0 aliphatic carbocycles. The van der Waals surface area contributed by atoms with E-state index in [1.54, 1.807) is 38.1 Å². The molecule has 0 aliphatic rings. The van der Waals surface area contributed by atoms with Gasteiger partial charge in [-0.15, -0.1) is 0 Å². The first-order valence-electron chi connectivity index (χ1n) is 13.1. The van der Waals surface area contributed by atoms with Gasteiger partial charge in [-0.25, -0.2) is 0 Å². The molecule has 1 aromatic heterocycles. The second-order valence-electron chi connectivity index (χ2n) is 10.5. The predicted molar refractivity (Wildman–Crippen MR) is 153 cm³/mol. The van der Waals surface area contributed by atoms with E-state index in [1.165, 1.54) is 12.3 Å². The SMILES string of the molecule is CC(C)(C(=O)O)c1ccc(COc2cccc(-c3c(Cc4ccccc4)cnc4c(C(F)(F)F)cccc34)c2)cc1. The van der Waals surface area contributed by atoms with Crippen LogP contribution in [-0.4, -0.2) is 16.1 Å². The Bertz CT molecular complexity index is 1700. The van der Waals surface area contributed by atoms with Crippen LogP contribution in [0, 0.1) is 0 Å². The van der Waals surface area contributed by atoms with Crippen LogP contribution in [0.15, 0.2) is 103 Å². The van der Waals surface area contributed by atoms with Crippen LogP contribution in [0.1, 0.15) is 41.7 Å². The lowest BCUT2D eigenvalue weighted by Gasteiger charge is -2.20. The zero-order valence-electron chi connectivity index (χ0n) is 22.6. The first kappa shape index (κ1) is 27.9. The molecule has 0 aliphatic heterocycles. The fourth-order valence-electron chi connectivity index (χ4n) is 4.83. The largest absolute Gasteiger partial charge is 0.489 e. The van der Waals surface area contributed by atoms with E-state index < -0.39 is 23.1 Å². The number of pyridine rings is 1. The maximum Gasteiger partial charge on any atom is 0.418 e. The summed E-state index contributed by atoms with van der Waals surface area (Å²) in [4.78, 5) is 15.8. The van der Waals surface area contributed by atoms with Gasteiger partial charge in [0.05, 0.1) is 16.5 Å². The number of alkyl halides is 3. The molecule has 0 radical (unpaired) electrons. The topological polar surface area (TPSA) is 59.4 Å². The average molecular weight is 556 g/mol. The van der Waals surface area contributed by atoms with Crippen molar-refractivity contribution in [3.63, 3.8) is 0 Å². The summed E-state index contributed by atoms with van der Waals surface area (Å²) in [5.41, 5.74) is 2.88. The van der Waals surface area contributed by atoms with Gasteiger partial charge < -0.3 is 9.84 Å². The Morgan fingerprint density at radius 2 is 1.56 bits per heavy atom. The van der Waals surface area contributed by atoms with Gasteiger partial charge in [-0.1, -0.05) is 78.9 Å². The maximum atomic E-state index is 13.9. The molecule has 1 heterocycles. The smallest absolute Gasteiger partial charge is 0.418 e. The van der Waals surface area contributed by atoms with Gasteiger partial charge in [0.15, 0.2) is 0 Å². The lowest BCUT2D eigenvalue weighted by Crippen LogP contribution is -2.28. The van der Waals surface area contributed by atoms with Gasteiger partial charge in [0.25, 0.3) is 0 Å². The molecule has 0 saturated carbocycles. The normalized spacial score (nSPS) is 11.9. The molecule has 208 valence electrons. The lowest BCUT2D eigenvalue weighted by atomic mass is 9.84. The number of carbonyl (C=O) groups is 1. The Hall–Kier alpha value is -4.65. The van der Waals surface area contributed by atoms with Crippen molar-refractivity contribution in [1.82, 2.24) is 4.98 Å². The van der Waals surface area contributed by atoms with Crippen LogP contribution in [-0.2, 0) is 29.4 Å². The summed E-state index contributed by atoms with van der Waals surface area (Å²) in [6, 6.07) is 28.4. The van der Waals surface area contributed by atoms with Gasteiger partial charge in [0.1, 0.15) is 12.4 Å². The maximum absolute atomic E-state index is 13.9. The summed E-state index contributed by atoms with van der Waals surface area (Å²) in [5, 5.41) is 9.89. The molecule has 0 bridgehead atoms. The van der Waals surface area contributed by atoms with E-state index in [9.17, 15) is 23.1 Å². The van der Waals surface area contributed by atoms with Crippen molar-refractivity contribution < 1.29 is 27.8 Å². The van der Waals surface area contributed by atoms with Crippen LogP contribution in [0.5, 0.6) is 5.75 Å². The van der Waals surface area contributed by atoms with Crippen molar-refractivity contribution in [3.05, 3.63) is 131 Å². The molecule has 4 aromatic carbocycles. The van der Waals surface area contributed by atoms with Gasteiger partial charge in [-0.3, -0.25) is 9.78 Å². The summed E-state index contributed by atoms with van der Waals surface area (Å²) in [7, 11) is 0. The third kappa shape index (κ3) is 5.94. The summed E-state index contributed by atoms with van der Waals surface area (Å²) in [6.45, 7) is 3.54. The van der Waals surface area contributed by atoms with E-state index in [-0.39, 0.29) is 12.1 Å². The molecule has 0 amide bonds. The molecule has 5 aromatic rings. The molecular weight excluding hydrogens is 527 g/mol. The Kier molecular flexibility index (Phi) is 7.54. The summed E-state index contributed by atoms with van der Waals surface area (Å²) in [5.74, 6) is -0.351. The highest BCUT2D eigenvalue weighted by molar-refractivity contribution is 5.98. The molecule has 0 unspecified atom stereocenters. The Morgan fingerprint density at radius 1 is 0.854 bits per heavy atom. The molecule has 0 fully saturated rings. The number of carboxylic acids is 1. The van der Waals surface area contributed by atoms with Crippen molar-refractivity contribution in [2.45, 2.75) is 38.5 Å². The van der Waals surface area contributed by atoms with Crippen molar-refractivity contribution in [2.24, 2.45) is 0 Å². The van der Waals surface area contributed by atoms with Crippen LogP contribution >= 0.6 is 0 Å². The highest BCUT2D eigenvalue weighted by Gasteiger charge is 2.34. The van der Waals surface area contributed by atoms with E-state index in [1.807, 2.05) is 60.7 Å². The van der Waals surface area contributed by atoms with E-state index in [4.69, 9.17) is 4.74 Å². The minimum absolute atomic E-state index is 0.0949. The first-order chi connectivity index (χ1) is 19.5. The third-order valence-corrected chi connectivity index (χ3v) is 7.26. The van der Waals surface area contributed by atoms with Crippen molar-refractivity contribution in [1.29, 1.82) is 0 Å². The number of hydrogen-bond donors (Lipinski definition) is 1. The second-order valence-corrected chi connectivity index (χ2v) is 10.5. The van der Waals surface area contributed by atoms with Crippen LogP contribution in [0.4, 0.5) is 13.2 Å². The minimum atomic E-state index is -4.54. The number of carboxylic acid groups (broad SMARTS) is 1. The van der Waals surface area contributed by atoms with Crippen molar-refractivity contribution in [3.8, 4) is 16.9 Å². The first-order valence-corrected chi connectivity index (χ1v) is 13.1. The third-order valence-electron chi connectivity index (χ3n) is 7.26. The standard InChI is InChI=1S/C34H28F3NO3/c1-33(2,32(39)40)26-16-14-23(15-17-26)21-41-27-11-6-10-24(19-27)30-25(18-22-8-4-3-5-9-22)20-38-31-28(30)12-7-13-29(31)34(35,36)37/h3-17,19-20H,18,21H2,1-2H3,(H,39,40). The molecule has 0 atom stereocenters. The number of hydrogen-bond acceptors (Lipinski definition) is 3. The number of benzene rings is 4. The zero-order chi connectivity index (χ0) is 29.2. The van der Waals surface area contributed by atoms with Crippen LogP contribution < -0.4 is 4.74 Å². The zero-order valence-corrected chi connectivity index (χ0v) is 22.6. The van der Waals surface area contributed by atoms with E-state index in [2.05, 4.69) is 4.98 Å². The molecule has 0 spiro atoms. The Morgan fingerprint density at radius 3 is 2.24 bits per heavy atom. The van der Waals surface area contributed by atoms with Gasteiger partial charge in [0, 0.05) is 11.6 Å². The fraction of sp³-hybridized carbons (Fsp3) is 0.176. The number of nitrogens with zero attached hydrogens (tertiary/aromatic N) is 1. The Balaban J connectivity index is 1.50. The predicted octanol–water partition coefficient (Wildman–Crippen LogP) is 8.45. The summed E-state index contributed by atoms with van der Waals surface area (Å²) >= 11 is 0. The lowest BCUT2D eigenvalue weighted by molar-refractivity contribution is -0.142. The second kappa shape index (κ2) is 11.1. The van der Waals surface area contributed by atoms with E-state index in [0.717, 1.165) is 28.3 Å². The van der Waals surface area contributed by atoms with Crippen molar-refractivity contribution in [2.75, 3.05) is 0 Å². The number of aliphatic carboxylic acids is 1. The number of ether oxygens (including phenoxy) is 1. The number of para-hydroxylation sites is 1. The summed E-state index contributed by atoms with van der Waals surface area (Å²) < 4.78 is 47.7. The van der Waals surface area contributed by atoms with Crippen LogP contribution in [0.3, 0.4) is 0 Å². The highest BCUT2D eigenvalue weighted by Crippen LogP contribution is 2.39. The monoisotopic (exact) mass is 555 g/mol. The molecule has 7 heteroatoms. The Labute approximate surface area is 236 Å². The van der Waals surface area contributed by atoms with Gasteiger partial charge in [-0.2, -0.15) is 13.2 Å². The van der Waals surface area contributed by atoms with Gasteiger partial charge in [0.2, 0.25) is 0 Å².